The number of fused-ring (bicyclic) bond motifs is 1. The number of esters is 1. The lowest BCUT2D eigenvalue weighted by atomic mass is 10.1. The van der Waals surface area contributed by atoms with Gasteiger partial charge in [-0.1, -0.05) is 55.0 Å². The van der Waals surface area contributed by atoms with Gasteiger partial charge in [0.1, 0.15) is 10.3 Å². The predicted molar refractivity (Wildman–Crippen MR) is 136 cm³/mol. The van der Waals surface area contributed by atoms with E-state index < -0.39 is 5.25 Å². The molecule has 0 fully saturated rings. The minimum atomic E-state index is -0.440. The van der Waals surface area contributed by atoms with Crippen LogP contribution in [0.25, 0.3) is 0 Å². The van der Waals surface area contributed by atoms with Gasteiger partial charge in [0.2, 0.25) is 5.91 Å². The number of carbonyl (C=O) groups is 2. The third-order valence-electron chi connectivity index (χ3n) is 5.54. The van der Waals surface area contributed by atoms with E-state index in [1.807, 2.05) is 74.5 Å². The molecule has 2 aromatic carbocycles. The van der Waals surface area contributed by atoms with Crippen molar-refractivity contribution in [2.45, 2.75) is 62.2 Å². The molecule has 1 amide bonds. The zero-order chi connectivity index (χ0) is 23.2. The van der Waals surface area contributed by atoms with Gasteiger partial charge in [0.05, 0.1) is 11.7 Å². The van der Waals surface area contributed by atoms with Gasteiger partial charge in [-0.05, 0) is 62.8 Å². The summed E-state index contributed by atoms with van der Waals surface area (Å²) in [5.74, 6) is -0.475. The van der Waals surface area contributed by atoms with Gasteiger partial charge in [0, 0.05) is 9.77 Å². The summed E-state index contributed by atoms with van der Waals surface area (Å²) in [6.45, 7) is 3.70. The van der Waals surface area contributed by atoms with Gasteiger partial charge in [-0.2, -0.15) is 0 Å². The summed E-state index contributed by atoms with van der Waals surface area (Å²) in [6, 6.07) is 19.7. The van der Waals surface area contributed by atoms with Crippen LogP contribution in [0.5, 0.6) is 0 Å². The van der Waals surface area contributed by atoms with E-state index >= 15 is 0 Å². The molecule has 1 aliphatic carbocycles. The van der Waals surface area contributed by atoms with Crippen molar-refractivity contribution in [2.75, 3.05) is 5.32 Å². The van der Waals surface area contributed by atoms with Gasteiger partial charge >= 0.3 is 5.97 Å². The Labute approximate surface area is 203 Å². The molecule has 0 radical (unpaired) electrons. The summed E-state index contributed by atoms with van der Waals surface area (Å²) in [5.41, 5.74) is 2.54. The van der Waals surface area contributed by atoms with E-state index in [1.165, 1.54) is 28.0 Å². The van der Waals surface area contributed by atoms with Gasteiger partial charge in [-0.3, -0.25) is 4.79 Å². The lowest BCUT2D eigenvalue weighted by Crippen LogP contribution is -2.21. The first-order valence-corrected chi connectivity index (χ1v) is 13.2. The number of amides is 1. The highest BCUT2D eigenvalue weighted by Crippen LogP contribution is 2.41. The summed E-state index contributed by atoms with van der Waals surface area (Å²) in [5, 5.41) is 3.30. The lowest BCUT2D eigenvalue weighted by Gasteiger charge is -2.17. The smallest absolute Gasteiger partial charge is 0.341 e. The van der Waals surface area contributed by atoms with E-state index in [2.05, 4.69) is 5.32 Å². The normalized spacial score (nSPS) is 14.3. The molecule has 0 bridgehead atoms. The first-order valence-electron chi connectivity index (χ1n) is 11.5. The Kier molecular flexibility index (Phi) is 7.89. The van der Waals surface area contributed by atoms with Crippen LogP contribution in [0.15, 0.2) is 65.6 Å². The minimum absolute atomic E-state index is 0.134. The maximum Gasteiger partial charge on any atom is 0.341 e. The molecule has 1 aromatic heterocycles. The molecule has 172 valence electrons. The highest BCUT2D eigenvalue weighted by molar-refractivity contribution is 8.00. The van der Waals surface area contributed by atoms with Crippen LogP contribution >= 0.6 is 23.1 Å². The van der Waals surface area contributed by atoms with E-state index in [4.69, 9.17) is 4.74 Å². The fourth-order valence-corrected chi connectivity index (χ4v) is 6.36. The van der Waals surface area contributed by atoms with Crippen LogP contribution in [-0.2, 0) is 22.4 Å². The van der Waals surface area contributed by atoms with Crippen molar-refractivity contribution in [1.82, 2.24) is 0 Å². The van der Waals surface area contributed by atoms with Crippen molar-refractivity contribution in [3.05, 3.63) is 82.2 Å². The van der Waals surface area contributed by atoms with Crippen molar-refractivity contribution in [1.29, 1.82) is 0 Å². The van der Waals surface area contributed by atoms with E-state index in [0.717, 1.165) is 48.1 Å². The molecule has 1 aliphatic rings. The molecule has 6 heteroatoms. The number of ether oxygens (including phenoxy) is 1. The van der Waals surface area contributed by atoms with Crippen molar-refractivity contribution in [3.8, 4) is 0 Å². The van der Waals surface area contributed by atoms with E-state index in [0.29, 0.717) is 10.6 Å². The summed E-state index contributed by atoms with van der Waals surface area (Å²) in [6.07, 6.45) is 4.90. The third-order valence-corrected chi connectivity index (χ3v) is 8.02. The molecule has 1 atom stereocenters. The first kappa shape index (κ1) is 23.6. The number of thiophene rings is 1. The van der Waals surface area contributed by atoms with Crippen LogP contribution in [-0.4, -0.2) is 18.0 Å². The second kappa shape index (κ2) is 11.0. The fraction of sp³-hybridized carbons (Fsp3) is 0.333. The molecule has 1 heterocycles. The number of benzene rings is 2. The topological polar surface area (TPSA) is 55.4 Å². The average molecular weight is 480 g/mol. The molecule has 0 aliphatic heterocycles. The molecule has 33 heavy (non-hydrogen) atoms. The molecule has 1 N–H and O–H groups in total. The third kappa shape index (κ3) is 5.87. The Balaban J connectivity index is 1.67. The molecule has 3 aromatic rings. The molecule has 4 nitrogen and oxygen atoms in total. The van der Waals surface area contributed by atoms with Crippen molar-refractivity contribution in [3.63, 3.8) is 0 Å². The van der Waals surface area contributed by atoms with Crippen LogP contribution in [0, 0.1) is 0 Å². The summed E-state index contributed by atoms with van der Waals surface area (Å²) >= 11 is 3.04. The second-order valence-corrected chi connectivity index (χ2v) is 10.7. The fourth-order valence-electron chi connectivity index (χ4n) is 4.03. The maximum atomic E-state index is 13.6. The number of carbonyl (C=O) groups excluding carboxylic acids is 2. The van der Waals surface area contributed by atoms with Crippen molar-refractivity contribution < 1.29 is 14.3 Å². The van der Waals surface area contributed by atoms with E-state index in [9.17, 15) is 9.59 Å². The van der Waals surface area contributed by atoms with Gasteiger partial charge < -0.3 is 10.1 Å². The Morgan fingerprint density at radius 1 is 0.939 bits per heavy atom. The van der Waals surface area contributed by atoms with Gasteiger partial charge in [-0.25, -0.2) is 4.79 Å². The van der Waals surface area contributed by atoms with Crippen molar-refractivity contribution >= 4 is 40.0 Å². The standard InChI is InChI=1S/C27H29NO3S2/c1-18(2)31-27(30)23-21-16-10-5-11-17-22(21)33-26(23)28-25(29)24(19-12-6-3-7-13-19)32-20-14-8-4-9-15-20/h3-4,6-9,12-15,18,24H,5,10-11,16-17H2,1-2H3,(H,28,29)/t24-/m1/s1. The number of hydrogen-bond donors (Lipinski definition) is 1. The number of nitrogens with one attached hydrogen (secondary N) is 1. The SMILES string of the molecule is CC(C)OC(=O)c1c(NC(=O)[C@H](Sc2ccccc2)c2ccccc2)sc2c1CCCCC2. The number of hydrogen-bond acceptors (Lipinski definition) is 5. The van der Waals surface area contributed by atoms with Gasteiger partial charge in [-0.15, -0.1) is 23.1 Å². The second-order valence-electron chi connectivity index (χ2n) is 8.43. The van der Waals surface area contributed by atoms with E-state index in [1.54, 1.807) is 0 Å². The van der Waals surface area contributed by atoms with E-state index in [-0.39, 0.29) is 18.0 Å². The summed E-state index contributed by atoms with van der Waals surface area (Å²) in [7, 11) is 0. The Morgan fingerprint density at radius 3 is 2.30 bits per heavy atom. The van der Waals surface area contributed by atoms with Crippen molar-refractivity contribution in [2.24, 2.45) is 0 Å². The first-order chi connectivity index (χ1) is 16.0. The number of aryl methyl sites for hydroxylation is 1. The van der Waals surface area contributed by atoms with Crippen LogP contribution in [0.3, 0.4) is 0 Å². The molecule has 0 spiro atoms. The van der Waals surface area contributed by atoms with Crippen LogP contribution in [0.4, 0.5) is 5.00 Å². The summed E-state index contributed by atoms with van der Waals surface area (Å²) in [4.78, 5) is 28.9. The van der Waals surface area contributed by atoms with Gasteiger partial charge in [0.25, 0.3) is 0 Å². The highest BCUT2D eigenvalue weighted by Gasteiger charge is 2.29. The lowest BCUT2D eigenvalue weighted by molar-refractivity contribution is -0.115. The molecule has 0 saturated heterocycles. The highest BCUT2D eigenvalue weighted by atomic mass is 32.2. The molecular formula is C27H29NO3S2. The van der Waals surface area contributed by atoms with Crippen LogP contribution < -0.4 is 5.32 Å². The molecular weight excluding hydrogens is 450 g/mol. The molecule has 4 rings (SSSR count). The monoisotopic (exact) mass is 479 g/mol. The maximum absolute atomic E-state index is 13.6. The summed E-state index contributed by atoms with van der Waals surface area (Å²) < 4.78 is 5.58. The number of thioether (sulfide) groups is 1. The molecule has 0 saturated carbocycles. The predicted octanol–water partition coefficient (Wildman–Crippen LogP) is 7.05. The Hall–Kier alpha value is -2.57. The largest absolute Gasteiger partial charge is 0.459 e. The van der Waals surface area contributed by atoms with Crippen LogP contribution in [0.1, 0.15) is 64.7 Å². The molecule has 0 unspecified atom stereocenters. The Morgan fingerprint density at radius 2 is 1.61 bits per heavy atom. The Bertz CT molecular complexity index is 1090. The average Bonchev–Trinajstić information content (AvgIpc) is 2.98. The van der Waals surface area contributed by atoms with Gasteiger partial charge in [0.15, 0.2) is 0 Å². The minimum Gasteiger partial charge on any atom is -0.459 e. The van der Waals surface area contributed by atoms with Crippen LogP contribution in [0.2, 0.25) is 0 Å². The number of rotatable bonds is 7. The zero-order valence-electron chi connectivity index (χ0n) is 19.0. The number of anilines is 1. The zero-order valence-corrected chi connectivity index (χ0v) is 20.6. The quantitative estimate of drug-likeness (QED) is 0.224.